The number of esters is 1. The fraction of sp³-hybridized carbons (Fsp3) is 0.909. The van der Waals surface area contributed by atoms with Crippen LogP contribution in [-0.4, -0.2) is 41.2 Å². The smallest absolute Gasteiger partial charge is 0.339 e. The van der Waals surface area contributed by atoms with Crippen LogP contribution >= 0.6 is 12.3 Å². The van der Waals surface area contributed by atoms with Crippen molar-refractivity contribution in [2.75, 3.05) is 13.2 Å². The van der Waals surface area contributed by atoms with Crippen molar-refractivity contribution in [2.24, 2.45) is 0 Å². The van der Waals surface area contributed by atoms with Crippen LogP contribution in [0.3, 0.4) is 0 Å². The van der Waals surface area contributed by atoms with E-state index < -0.39 is 17.4 Å². The summed E-state index contributed by atoms with van der Waals surface area (Å²) in [6.45, 7) is 7.50. The SMILES string of the molecule is CCOC(=O)[C@](C)(C[C@H]1COC(C)(C)O1)OSO. The van der Waals surface area contributed by atoms with Gasteiger partial charge in [0.15, 0.2) is 23.7 Å². The van der Waals surface area contributed by atoms with Gasteiger partial charge < -0.3 is 18.8 Å². The fourth-order valence-electron chi connectivity index (χ4n) is 1.82. The normalized spacial score (nSPS) is 25.7. The molecular formula is C11H20O6S. The summed E-state index contributed by atoms with van der Waals surface area (Å²) in [5, 5.41) is 0. The van der Waals surface area contributed by atoms with Gasteiger partial charge in [-0.15, -0.1) is 0 Å². The molecular weight excluding hydrogens is 260 g/mol. The molecule has 0 bridgehead atoms. The number of carbonyl (C=O) groups excluding carboxylic acids is 1. The molecule has 0 unspecified atom stereocenters. The highest BCUT2D eigenvalue weighted by Gasteiger charge is 2.44. The summed E-state index contributed by atoms with van der Waals surface area (Å²) in [4.78, 5) is 11.8. The van der Waals surface area contributed by atoms with Gasteiger partial charge in [0, 0.05) is 6.42 Å². The predicted molar refractivity (Wildman–Crippen MR) is 65.9 cm³/mol. The third-order valence-corrected chi connectivity index (χ3v) is 3.06. The van der Waals surface area contributed by atoms with Crippen LogP contribution in [0.2, 0.25) is 0 Å². The van der Waals surface area contributed by atoms with E-state index in [9.17, 15) is 4.79 Å². The van der Waals surface area contributed by atoms with Gasteiger partial charge in [-0.1, -0.05) is 0 Å². The lowest BCUT2D eigenvalue weighted by molar-refractivity contribution is -0.167. The van der Waals surface area contributed by atoms with E-state index in [4.69, 9.17) is 22.9 Å². The van der Waals surface area contributed by atoms with Gasteiger partial charge >= 0.3 is 5.97 Å². The minimum atomic E-state index is -1.26. The van der Waals surface area contributed by atoms with Crippen molar-refractivity contribution in [3.63, 3.8) is 0 Å². The summed E-state index contributed by atoms with van der Waals surface area (Å²) in [5.74, 6) is -1.19. The zero-order valence-electron chi connectivity index (χ0n) is 11.1. The molecule has 106 valence electrons. The largest absolute Gasteiger partial charge is 0.464 e. The predicted octanol–water partition coefficient (Wildman–Crippen LogP) is 1.99. The van der Waals surface area contributed by atoms with E-state index in [-0.39, 0.29) is 31.5 Å². The Morgan fingerprint density at radius 3 is 2.72 bits per heavy atom. The highest BCUT2D eigenvalue weighted by molar-refractivity contribution is 7.88. The maximum atomic E-state index is 11.8. The molecule has 1 fully saturated rings. The first-order chi connectivity index (χ1) is 8.33. The number of hydrogen-bond acceptors (Lipinski definition) is 7. The van der Waals surface area contributed by atoms with Crippen LogP contribution in [-0.2, 0) is 23.2 Å². The topological polar surface area (TPSA) is 74.2 Å². The van der Waals surface area contributed by atoms with Crippen molar-refractivity contribution in [2.45, 2.75) is 51.6 Å². The minimum Gasteiger partial charge on any atom is -0.464 e. The second-order valence-electron chi connectivity index (χ2n) is 4.76. The first kappa shape index (κ1) is 15.7. The second kappa shape index (κ2) is 6.21. The van der Waals surface area contributed by atoms with Gasteiger partial charge in [0.2, 0.25) is 0 Å². The van der Waals surface area contributed by atoms with Crippen LogP contribution in [0.15, 0.2) is 0 Å². The van der Waals surface area contributed by atoms with Crippen LogP contribution in [0.5, 0.6) is 0 Å². The molecule has 1 aliphatic heterocycles. The molecule has 1 aliphatic rings. The zero-order valence-corrected chi connectivity index (χ0v) is 11.9. The Balaban J connectivity index is 2.65. The molecule has 7 heteroatoms. The van der Waals surface area contributed by atoms with E-state index in [1.54, 1.807) is 27.7 Å². The first-order valence-electron chi connectivity index (χ1n) is 5.81. The quantitative estimate of drug-likeness (QED) is 0.589. The van der Waals surface area contributed by atoms with Crippen molar-refractivity contribution in [3.8, 4) is 0 Å². The third kappa shape index (κ3) is 4.10. The Hall–Kier alpha value is -0.340. The summed E-state index contributed by atoms with van der Waals surface area (Å²) in [5.41, 5.74) is -1.26. The Bertz CT molecular complexity index is 295. The van der Waals surface area contributed by atoms with E-state index in [1.807, 2.05) is 0 Å². The van der Waals surface area contributed by atoms with Crippen molar-refractivity contribution >= 4 is 18.3 Å². The van der Waals surface area contributed by atoms with E-state index in [1.165, 1.54) is 0 Å². The highest BCUT2D eigenvalue weighted by Crippen LogP contribution is 2.31. The van der Waals surface area contributed by atoms with Gasteiger partial charge in [0.05, 0.1) is 19.3 Å². The third-order valence-electron chi connectivity index (χ3n) is 2.61. The maximum Gasteiger partial charge on any atom is 0.339 e. The number of rotatable bonds is 6. The Kier molecular flexibility index (Phi) is 5.42. The molecule has 0 aliphatic carbocycles. The van der Waals surface area contributed by atoms with Crippen molar-refractivity contribution in [1.82, 2.24) is 0 Å². The highest BCUT2D eigenvalue weighted by atomic mass is 32.2. The van der Waals surface area contributed by atoms with Gasteiger partial charge in [-0.2, -0.15) is 0 Å². The van der Waals surface area contributed by atoms with Crippen molar-refractivity contribution in [3.05, 3.63) is 0 Å². The lowest BCUT2D eigenvalue weighted by Gasteiger charge is -2.27. The van der Waals surface area contributed by atoms with Crippen LogP contribution < -0.4 is 0 Å². The van der Waals surface area contributed by atoms with Crippen LogP contribution in [0.25, 0.3) is 0 Å². The van der Waals surface area contributed by atoms with Gasteiger partial charge in [-0.3, -0.25) is 4.18 Å². The van der Waals surface area contributed by atoms with Crippen LogP contribution in [0.4, 0.5) is 0 Å². The molecule has 1 N–H and O–H groups in total. The maximum absolute atomic E-state index is 11.8. The molecule has 0 aromatic carbocycles. The van der Waals surface area contributed by atoms with Gasteiger partial charge in [-0.25, -0.2) is 4.79 Å². The van der Waals surface area contributed by atoms with E-state index in [0.29, 0.717) is 6.61 Å². The summed E-state index contributed by atoms with van der Waals surface area (Å²) >= 11 is 0.149. The van der Waals surface area contributed by atoms with Crippen molar-refractivity contribution in [1.29, 1.82) is 0 Å². The lowest BCUT2D eigenvalue weighted by atomic mass is 9.99. The van der Waals surface area contributed by atoms with Gasteiger partial charge in [0.25, 0.3) is 0 Å². The second-order valence-corrected chi connectivity index (χ2v) is 5.08. The molecule has 0 spiro atoms. The molecule has 0 aromatic rings. The Morgan fingerprint density at radius 1 is 1.61 bits per heavy atom. The van der Waals surface area contributed by atoms with Gasteiger partial charge in [0.1, 0.15) is 0 Å². The Labute approximate surface area is 111 Å². The molecule has 18 heavy (non-hydrogen) atoms. The lowest BCUT2D eigenvalue weighted by Crippen LogP contribution is -2.42. The monoisotopic (exact) mass is 280 g/mol. The fourth-order valence-corrected chi connectivity index (χ4v) is 2.12. The first-order valence-corrected chi connectivity index (χ1v) is 6.51. The average Bonchev–Trinajstić information content (AvgIpc) is 2.58. The van der Waals surface area contributed by atoms with Gasteiger partial charge in [-0.05, 0) is 27.7 Å². The molecule has 1 saturated heterocycles. The van der Waals surface area contributed by atoms with Crippen molar-refractivity contribution < 1.29 is 27.7 Å². The number of hydrogen-bond donors (Lipinski definition) is 1. The minimum absolute atomic E-state index is 0.149. The molecule has 6 nitrogen and oxygen atoms in total. The summed E-state index contributed by atoms with van der Waals surface area (Å²) in [6.07, 6.45) is -0.0235. The van der Waals surface area contributed by atoms with E-state index in [0.717, 1.165) is 0 Å². The summed E-state index contributed by atoms with van der Waals surface area (Å²) in [7, 11) is 0. The zero-order chi connectivity index (χ0) is 13.8. The standard InChI is InChI=1S/C11H20O6S/c1-5-14-9(12)11(4,17-18-13)6-8-7-15-10(2,3)16-8/h8,13H,5-7H2,1-4H3/t8-,11-/m0/s1. The molecule has 0 saturated carbocycles. The molecule has 0 radical (unpaired) electrons. The average molecular weight is 280 g/mol. The molecule has 2 atom stereocenters. The Morgan fingerprint density at radius 2 is 2.28 bits per heavy atom. The summed E-state index contributed by atoms with van der Waals surface area (Å²) < 4.78 is 29.8. The number of ether oxygens (including phenoxy) is 3. The molecule has 1 rings (SSSR count). The molecule has 0 amide bonds. The molecule has 1 heterocycles. The van der Waals surface area contributed by atoms with Crippen LogP contribution in [0.1, 0.15) is 34.1 Å². The molecule has 0 aromatic heterocycles. The van der Waals surface area contributed by atoms with E-state index >= 15 is 0 Å². The summed E-state index contributed by atoms with van der Waals surface area (Å²) in [6, 6.07) is 0. The van der Waals surface area contributed by atoms with E-state index in [2.05, 4.69) is 0 Å². The number of carbonyl (C=O) groups is 1. The van der Waals surface area contributed by atoms with Crippen LogP contribution in [0, 0.1) is 0 Å².